The van der Waals surface area contributed by atoms with Crippen molar-refractivity contribution in [3.8, 4) is 0 Å². The van der Waals surface area contributed by atoms with Gasteiger partial charge in [-0.15, -0.1) is 6.42 Å². The van der Waals surface area contributed by atoms with Gasteiger partial charge in [-0.1, -0.05) is 0 Å². The Morgan fingerprint density at radius 3 is 2.67 bits per heavy atom. The summed E-state index contributed by atoms with van der Waals surface area (Å²) in [7, 11) is 0. The van der Waals surface area contributed by atoms with Crippen LogP contribution in [0.15, 0.2) is 18.2 Å². The molecule has 0 atom stereocenters. The van der Waals surface area contributed by atoms with Gasteiger partial charge in [-0.05, 0) is 0 Å². The third kappa shape index (κ3) is 1.55. The Labute approximate surface area is 54.6 Å². The second-order valence-electron chi connectivity index (χ2n) is 1.00. The SMILES string of the molecule is [C-]1=CC=CC1.[H-].[H-].[Re]. The third-order valence-electron chi connectivity index (χ3n) is 0.586. The molecule has 1 aliphatic rings. The average molecular weight is 253 g/mol. The van der Waals surface area contributed by atoms with Gasteiger partial charge < -0.3 is 2.85 Å². The van der Waals surface area contributed by atoms with Gasteiger partial charge in [0.25, 0.3) is 0 Å². The molecule has 0 heterocycles. The van der Waals surface area contributed by atoms with Crippen molar-refractivity contribution >= 4 is 0 Å². The van der Waals surface area contributed by atoms with Crippen LogP contribution in [-0.4, -0.2) is 0 Å². The largest absolute Gasteiger partial charge is 1.00 e. The Bertz CT molecular complexity index is 68.5. The smallest absolute Gasteiger partial charge is 0 e. The molecule has 0 aromatic rings. The van der Waals surface area contributed by atoms with Crippen molar-refractivity contribution < 1.29 is 23.3 Å². The minimum Gasteiger partial charge on any atom is -1.00 e. The van der Waals surface area contributed by atoms with Gasteiger partial charge in [-0.25, -0.2) is 12.2 Å². The molecule has 0 aromatic heterocycles. The van der Waals surface area contributed by atoms with Crippen LogP contribution >= 0.6 is 0 Å². The van der Waals surface area contributed by atoms with Crippen LogP contribution in [0.4, 0.5) is 0 Å². The molecular formula is C5H7Re-3. The predicted octanol–water partition coefficient (Wildman–Crippen LogP) is 1.53. The zero-order valence-electron chi connectivity index (χ0n) is 5.32. The van der Waals surface area contributed by atoms with Gasteiger partial charge in [-0.3, -0.25) is 6.08 Å². The quantitative estimate of drug-likeness (QED) is 0.574. The van der Waals surface area contributed by atoms with E-state index in [-0.39, 0.29) is 23.3 Å². The zero-order chi connectivity index (χ0) is 3.54. The molecule has 1 heteroatoms. The van der Waals surface area contributed by atoms with Crippen molar-refractivity contribution in [3.63, 3.8) is 0 Å². The van der Waals surface area contributed by atoms with Crippen LogP contribution in [0.3, 0.4) is 0 Å². The maximum atomic E-state index is 2.99. The van der Waals surface area contributed by atoms with Crippen molar-refractivity contribution in [2.75, 3.05) is 0 Å². The Morgan fingerprint density at radius 1 is 1.67 bits per heavy atom. The van der Waals surface area contributed by atoms with Crippen LogP contribution in [0.2, 0.25) is 0 Å². The first-order valence-electron chi connectivity index (χ1n) is 1.72. The van der Waals surface area contributed by atoms with Crippen molar-refractivity contribution in [1.82, 2.24) is 0 Å². The first kappa shape index (κ1) is 6.14. The van der Waals surface area contributed by atoms with Crippen LogP contribution in [-0.2, 0) is 20.4 Å². The topological polar surface area (TPSA) is 0 Å². The third-order valence-corrected chi connectivity index (χ3v) is 0.586. The van der Waals surface area contributed by atoms with E-state index in [0.717, 1.165) is 6.42 Å². The van der Waals surface area contributed by atoms with E-state index in [1.807, 2.05) is 12.2 Å². The molecule has 0 N–H and O–H groups in total. The van der Waals surface area contributed by atoms with Gasteiger partial charge in [-0.2, -0.15) is 6.08 Å². The number of rotatable bonds is 0. The Hall–Kier alpha value is 0.142. The van der Waals surface area contributed by atoms with Crippen molar-refractivity contribution in [3.05, 3.63) is 24.3 Å². The molecule has 1 rings (SSSR count). The van der Waals surface area contributed by atoms with E-state index in [9.17, 15) is 0 Å². The molecule has 0 nitrogen and oxygen atoms in total. The van der Waals surface area contributed by atoms with E-state index in [2.05, 4.69) is 12.2 Å². The first-order valence-corrected chi connectivity index (χ1v) is 1.72. The minimum absolute atomic E-state index is 0. The maximum absolute atomic E-state index is 2.99. The molecule has 0 aliphatic heterocycles. The Balaban J connectivity index is -0.0000000833. The van der Waals surface area contributed by atoms with E-state index < -0.39 is 0 Å². The zero-order valence-corrected chi connectivity index (χ0v) is 6.03. The van der Waals surface area contributed by atoms with Crippen molar-refractivity contribution in [1.29, 1.82) is 0 Å². The average Bonchev–Trinajstić information content (AvgIpc) is 1.76. The van der Waals surface area contributed by atoms with E-state index in [4.69, 9.17) is 0 Å². The van der Waals surface area contributed by atoms with Crippen LogP contribution < -0.4 is 0 Å². The molecule has 6 heavy (non-hydrogen) atoms. The maximum Gasteiger partial charge on any atom is 0 e. The van der Waals surface area contributed by atoms with Crippen LogP contribution in [0.5, 0.6) is 0 Å². The van der Waals surface area contributed by atoms with Gasteiger partial charge >= 0.3 is 0 Å². The summed E-state index contributed by atoms with van der Waals surface area (Å²) in [6.45, 7) is 0. The fourth-order valence-corrected chi connectivity index (χ4v) is 0.340. The van der Waals surface area contributed by atoms with Gasteiger partial charge in [0.15, 0.2) is 0 Å². The fraction of sp³-hybridized carbons (Fsp3) is 0.200. The molecule has 1 radical (unpaired) electrons. The standard InChI is InChI=1S/C5H5.Re.2H/c1-2-4-5-3-1;;;/h1-3H,4H2;;;/q-1;;2*-1. The molecule has 0 spiro atoms. The molecular weight excluding hydrogens is 246 g/mol. The van der Waals surface area contributed by atoms with E-state index in [1.54, 1.807) is 0 Å². The van der Waals surface area contributed by atoms with Gasteiger partial charge in [0, 0.05) is 20.4 Å². The van der Waals surface area contributed by atoms with Crippen molar-refractivity contribution in [2.45, 2.75) is 6.42 Å². The normalized spacial score (nSPS) is 14.7. The second-order valence-corrected chi connectivity index (χ2v) is 1.00. The summed E-state index contributed by atoms with van der Waals surface area (Å²) in [5.41, 5.74) is 0. The molecule has 0 saturated heterocycles. The molecule has 0 fully saturated rings. The Morgan fingerprint density at radius 2 is 2.50 bits per heavy atom. The van der Waals surface area contributed by atoms with Crippen LogP contribution in [0.1, 0.15) is 9.27 Å². The molecule has 0 bridgehead atoms. The Kier molecular flexibility index (Phi) is 3.42. The second kappa shape index (κ2) is 3.34. The molecule has 0 unspecified atom stereocenters. The first-order chi connectivity index (χ1) is 2.50. The van der Waals surface area contributed by atoms with Crippen LogP contribution in [0.25, 0.3) is 0 Å². The predicted molar refractivity (Wildman–Crippen MR) is 23.8 cm³/mol. The van der Waals surface area contributed by atoms with Gasteiger partial charge in [0.2, 0.25) is 0 Å². The summed E-state index contributed by atoms with van der Waals surface area (Å²) in [5, 5.41) is 0. The minimum atomic E-state index is 0. The van der Waals surface area contributed by atoms with Gasteiger partial charge in [0.05, 0.1) is 0 Å². The molecule has 0 saturated carbocycles. The summed E-state index contributed by atoms with van der Waals surface area (Å²) in [5.74, 6) is 0. The molecule has 0 aromatic carbocycles. The summed E-state index contributed by atoms with van der Waals surface area (Å²) in [4.78, 5) is 0. The number of hydrogen-bond donors (Lipinski definition) is 0. The summed E-state index contributed by atoms with van der Waals surface area (Å²) in [6.07, 6.45) is 10.0. The van der Waals surface area contributed by atoms with Gasteiger partial charge in [0.1, 0.15) is 0 Å². The summed E-state index contributed by atoms with van der Waals surface area (Å²) in [6, 6.07) is 0. The monoisotopic (exact) mass is 254 g/mol. The summed E-state index contributed by atoms with van der Waals surface area (Å²) >= 11 is 0. The fourth-order valence-electron chi connectivity index (χ4n) is 0.340. The van der Waals surface area contributed by atoms with Crippen LogP contribution in [0, 0.1) is 6.08 Å². The van der Waals surface area contributed by atoms with Crippen molar-refractivity contribution in [2.24, 2.45) is 0 Å². The number of hydrogen-bond acceptors (Lipinski definition) is 0. The molecule has 37 valence electrons. The molecule has 1 aliphatic carbocycles. The van der Waals surface area contributed by atoms with E-state index >= 15 is 0 Å². The summed E-state index contributed by atoms with van der Waals surface area (Å²) < 4.78 is 0. The number of allylic oxidation sites excluding steroid dienone is 4. The molecule has 0 amide bonds. The van der Waals surface area contributed by atoms with E-state index in [0.29, 0.717) is 0 Å². The van der Waals surface area contributed by atoms with E-state index in [1.165, 1.54) is 0 Å².